The highest BCUT2D eigenvalue weighted by Gasteiger charge is 2.21. The average molecular weight is 677 g/mol. The summed E-state index contributed by atoms with van der Waals surface area (Å²) in [5.41, 5.74) is -6.30. The number of benzene rings is 10. The molecule has 0 N–H and O–H groups in total. The van der Waals surface area contributed by atoms with Crippen molar-refractivity contribution in [3.63, 3.8) is 0 Å². The predicted octanol–water partition coefficient (Wildman–Crippen LogP) is 14.4. The second kappa shape index (κ2) is 10.9. The number of hydrogen-bond donors (Lipinski definition) is 0. The summed E-state index contributed by atoms with van der Waals surface area (Å²) < 4.78 is 280. The minimum absolute atomic E-state index is 0.505. The molecule has 11 rings (SSSR count). The van der Waals surface area contributed by atoms with Crippen molar-refractivity contribution in [3.8, 4) is 33.4 Å². The fourth-order valence-corrected chi connectivity index (χ4v) is 6.48. The Bertz CT molecular complexity index is 4850. The SMILES string of the molecule is [2H]c1c([2H])c(-c2c3c([2H])c([2H])c([2H])c([2H])c3c(-c3c([2H])c([2H])c([2H])c4oc5c([2H])c6c([2H])c([2H])c([2H])c([2H])c6c([2H])c5c34)c3c([2H])c([2H])c([2H])c([2H])c23)c([2H])c(-c2c([2H])c([2H])c([2H])c3c([2H])c([2H])c4c([2H])c([2H])c([2H])c([2H])c4c23)c1[2H]. The Morgan fingerprint density at radius 1 is 0.314 bits per heavy atom. The Hall–Kier alpha value is -6.70. The first kappa shape index (κ1) is 11.7. The Labute approximate surface area is 336 Å². The lowest BCUT2D eigenvalue weighted by molar-refractivity contribution is 0.669. The first-order chi connectivity index (χ1) is 37.8. The largest absolute Gasteiger partial charge is 0.456 e. The maximum absolute atomic E-state index is 10.1. The summed E-state index contributed by atoms with van der Waals surface area (Å²) in [5, 5.41) is -7.92. The molecule has 0 aliphatic heterocycles. The molecule has 0 fully saturated rings. The number of hydrogen-bond acceptors (Lipinski definition) is 1. The van der Waals surface area contributed by atoms with Crippen molar-refractivity contribution in [1.29, 1.82) is 0 Å². The summed E-state index contributed by atoms with van der Waals surface area (Å²) in [6.45, 7) is 0. The van der Waals surface area contributed by atoms with Crippen LogP contribution in [0.4, 0.5) is 0 Å². The second-order valence-electron chi connectivity index (χ2n) is 11.3. The van der Waals surface area contributed by atoms with Gasteiger partial charge < -0.3 is 4.42 Å². The van der Waals surface area contributed by atoms with Gasteiger partial charge in [-0.25, -0.2) is 0 Å². The molecule has 0 saturated carbocycles. The maximum Gasteiger partial charge on any atom is 0.136 e. The molecular formula is C50H30O. The highest BCUT2D eigenvalue weighted by molar-refractivity contribution is 6.26. The molecule has 0 spiro atoms. The van der Waals surface area contributed by atoms with E-state index in [0.717, 1.165) is 0 Å². The lowest BCUT2D eigenvalue weighted by Crippen LogP contribution is -1.92. The molecule has 0 aliphatic carbocycles. The van der Waals surface area contributed by atoms with Gasteiger partial charge in [0.05, 0.1) is 41.1 Å². The van der Waals surface area contributed by atoms with E-state index in [4.69, 9.17) is 29.1 Å². The van der Waals surface area contributed by atoms with Crippen LogP contribution in [0.1, 0.15) is 41.1 Å². The van der Waals surface area contributed by atoms with Crippen LogP contribution < -0.4 is 0 Å². The first-order valence-electron chi connectivity index (χ1n) is 30.2. The summed E-state index contributed by atoms with van der Waals surface area (Å²) in [6.07, 6.45) is 0. The minimum atomic E-state index is -1.15. The number of fused-ring (bicyclic) bond motifs is 9. The van der Waals surface area contributed by atoms with Crippen molar-refractivity contribution < 1.29 is 45.5 Å². The van der Waals surface area contributed by atoms with Gasteiger partial charge in [-0.1, -0.05) is 157 Å². The Kier molecular flexibility index (Phi) is 2.50. The topological polar surface area (TPSA) is 13.1 Å². The van der Waals surface area contributed by atoms with Crippen LogP contribution >= 0.6 is 0 Å². The molecule has 0 unspecified atom stereocenters. The third-order valence-electron chi connectivity index (χ3n) is 8.57. The lowest BCUT2D eigenvalue weighted by atomic mass is 9.84. The van der Waals surface area contributed by atoms with E-state index in [-0.39, 0.29) is 0 Å². The third-order valence-corrected chi connectivity index (χ3v) is 8.57. The van der Waals surface area contributed by atoms with Gasteiger partial charge in [0.15, 0.2) is 0 Å². The summed E-state index contributed by atoms with van der Waals surface area (Å²) in [5.74, 6) is 0. The van der Waals surface area contributed by atoms with E-state index in [9.17, 15) is 16.4 Å². The summed E-state index contributed by atoms with van der Waals surface area (Å²) in [7, 11) is 0. The van der Waals surface area contributed by atoms with E-state index in [1.165, 1.54) is 0 Å². The molecule has 1 heterocycles. The monoisotopic (exact) mass is 676 g/mol. The molecule has 0 bridgehead atoms. The molecule has 0 aliphatic rings. The van der Waals surface area contributed by atoms with Gasteiger partial charge >= 0.3 is 0 Å². The molecule has 10 aromatic carbocycles. The zero-order valence-electron chi connectivity index (χ0n) is 55.4. The number of rotatable bonds is 3. The van der Waals surface area contributed by atoms with Crippen LogP contribution in [-0.4, -0.2) is 0 Å². The van der Waals surface area contributed by atoms with Gasteiger partial charge in [0.1, 0.15) is 11.2 Å². The Morgan fingerprint density at radius 3 is 1.63 bits per heavy atom. The zero-order chi connectivity index (χ0) is 59.6. The van der Waals surface area contributed by atoms with Crippen molar-refractivity contribution in [1.82, 2.24) is 0 Å². The smallest absolute Gasteiger partial charge is 0.136 e. The molecule has 1 nitrogen and oxygen atoms in total. The minimum Gasteiger partial charge on any atom is -0.456 e. The van der Waals surface area contributed by atoms with E-state index in [1.54, 1.807) is 0 Å². The molecule has 1 aromatic heterocycles. The lowest BCUT2D eigenvalue weighted by Gasteiger charge is -2.19. The predicted molar refractivity (Wildman–Crippen MR) is 218 cm³/mol. The van der Waals surface area contributed by atoms with Crippen LogP contribution in [0.3, 0.4) is 0 Å². The molecule has 0 amide bonds. The summed E-state index contributed by atoms with van der Waals surface area (Å²) in [4.78, 5) is 0. The van der Waals surface area contributed by atoms with Crippen molar-refractivity contribution in [2.75, 3.05) is 0 Å². The molecule has 0 radical (unpaired) electrons. The van der Waals surface area contributed by atoms with E-state index in [1.807, 2.05) is 0 Å². The van der Waals surface area contributed by atoms with E-state index >= 15 is 0 Å². The fraction of sp³-hybridized carbons (Fsp3) is 0. The molecule has 0 saturated heterocycles. The van der Waals surface area contributed by atoms with Crippen molar-refractivity contribution in [3.05, 3.63) is 181 Å². The van der Waals surface area contributed by atoms with Crippen LogP contribution in [0.2, 0.25) is 0 Å². The van der Waals surface area contributed by atoms with Gasteiger partial charge in [-0.2, -0.15) is 0 Å². The van der Waals surface area contributed by atoms with E-state index < -0.39 is 290 Å². The van der Waals surface area contributed by atoms with E-state index in [0.29, 0.717) is 0 Å². The van der Waals surface area contributed by atoms with Gasteiger partial charge in [0.25, 0.3) is 0 Å². The molecule has 0 atom stereocenters. The van der Waals surface area contributed by atoms with Crippen molar-refractivity contribution >= 4 is 75.8 Å². The quantitative estimate of drug-likeness (QED) is 0.134. The van der Waals surface area contributed by atoms with Crippen molar-refractivity contribution in [2.24, 2.45) is 0 Å². The van der Waals surface area contributed by atoms with Gasteiger partial charge in [0.2, 0.25) is 0 Å². The zero-order valence-corrected chi connectivity index (χ0v) is 25.4. The van der Waals surface area contributed by atoms with Crippen LogP contribution in [0.5, 0.6) is 0 Å². The number of furan rings is 1. The van der Waals surface area contributed by atoms with Crippen LogP contribution in [-0.2, 0) is 0 Å². The maximum atomic E-state index is 10.1. The van der Waals surface area contributed by atoms with Gasteiger partial charge in [-0.05, 0) is 111 Å². The Balaban J connectivity index is 1.45. The van der Waals surface area contributed by atoms with Crippen LogP contribution in [0.25, 0.3) is 109 Å². The Morgan fingerprint density at radius 2 is 0.863 bits per heavy atom. The molecule has 1 heteroatoms. The third kappa shape index (κ3) is 4.22. The van der Waals surface area contributed by atoms with Crippen LogP contribution in [0, 0.1) is 0 Å². The first-order valence-corrected chi connectivity index (χ1v) is 15.2. The van der Waals surface area contributed by atoms with Gasteiger partial charge in [-0.3, -0.25) is 0 Å². The molecular weight excluding hydrogens is 617 g/mol. The molecule has 51 heavy (non-hydrogen) atoms. The van der Waals surface area contributed by atoms with Crippen LogP contribution in [0.15, 0.2) is 186 Å². The summed E-state index contributed by atoms with van der Waals surface area (Å²) in [6, 6.07) is -28.7. The fourth-order valence-electron chi connectivity index (χ4n) is 6.48. The second-order valence-corrected chi connectivity index (χ2v) is 11.3. The van der Waals surface area contributed by atoms with Crippen molar-refractivity contribution in [2.45, 2.75) is 0 Å². The summed E-state index contributed by atoms with van der Waals surface area (Å²) >= 11 is 0. The highest BCUT2D eigenvalue weighted by Crippen LogP contribution is 2.48. The van der Waals surface area contributed by atoms with Gasteiger partial charge in [0, 0.05) is 10.8 Å². The normalized spacial score (nSPS) is 20.2. The average Bonchev–Trinajstić information content (AvgIpc) is 3.16. The van der Waals surface area contributed by atoms with E-state index in [2.05, 4.69) is 0 Å². The molecule has 236 valence electrons. The highest BCUT2D eigenvalue weighted by atomic mass is 16.3. The standard InChI is InChI=1S/C50H30O/c1-2-14-34-30-46-44(29-33(34)13-1)50-43(24-11-25-45(50)51-46)49-41-21-7-5-19-39(41)48(40-20-6-8-22-42(40)49)36-17-9-16-35(28-36)38-23-10-15-32-27-26-31-12-3-4-18-37(31)47(32)38/h1-30H/i1D,2D,3D,4D,5D,6D,7D,8D,9D,10D,11D,12D,13D,14D,15D,16D,17D,18D,19D,20D,21D,22D,23D,24D,25D,26D,27D,28D,29D,30D. The molecule has 11 aromatic rings. The van der Waals surface area contributed by atoms with Gasteiger partial charge in [-0.15, -0.1) is 0 Å².